The standard InChI is InChI=1S/C17H19N3/c1-12-6-5-9-17(19-12)18-11-10-14-13(2)20-16-8-4-3-7-15(14)16/h3-9,20H,10-11H2,1-2H3,(H,18,19). The first kappa shape index (κ1) is 12.7. The Labute approximate surface area is 119 Å². The van der Waals surface area contributed by atoms with Crippen LogP contribution in [0.15, 0.2) is 42.5 Å². The predicted octanol–water partition coefficient (Wildman–Crippen LogP) is 3.83. The maximum absolute atomic E-state index is 4.46. The van der Waals surface area contributed by atoms with Crippen molar-refractivity contribution >= 4 is 16.7 Å². The number of nitrogens with zero attached hydrogens (tertiary/aromatic N) is 1. The van der Waals surface area contributed by atoms with Crippen molar-refractivity contribution in [3.05, 3.63) is 59.4 Å². The Morgan fingerprint density at radius 3 is 2.75 bits per heavy atom. The molecule has 0 aliphatic heterocycles. The second kappa shape index (κ2) is 5.37. The van der Waals surface area contributed by atoms with Crippen molar-refractivity contribution in [1.29, 1.82) is 0 Å². The summed E-state index contributed by atoms with van der Waals surface area (Å²) >= 11 is 0. The highest BCUT2D eigenvalue weighted by Crippen LogP contribution is 2.22. The molecule has 2 aromatic heterocycles. The van der Waals surface area contributed by atoms with Crippen molar-refractivity contribution in [3.63, 3.8) is 0 Å². The molecule has 0 atom stereocenters. The molecule has 2 heterocycles. The van der Waals surface area contributed by atoms with Gasteiger partial charge in [0, 0.05) is 28.8 Å². The minimum atomic E-state index is 0.888. The maximum atomic E-state index is 4.46. The highest BCUT2D eigenvalue weighted by molar-refractivity contribution is 5.84. The Balaban J connectivity index is 1.73. The fraction of sp³-hybridized carbons (Fsp3) is 0.235. The quantitative estimate of drug-likeness (QED) is 0.752. The molecule has 3 rings (SSSR count). The van der Waals surface area contributed by atoms with Crippen LogP contribution in [-0.2, 0) is 6.42 Å². The van der Waals surface area contributed by atoms with Crippen LogP contribution in [0.3, 0.4) is 0 Å². The molecule has 0 spiro atoms. The van der Waals surface area contributed by atoms with E-state index in [1.807, 2.05) is 25.1 Å². The molecule has 0 fully saturated rings. The first-order chi connectivity index (χ1) is 9.74. The van der Waals surface area contributed by atoms with E-state index in [4.69, 9.17) is 0 Å². The smallest absolute Gasteiger partial charge is 0.126 e. The first-order valence-electron chi connectivity index (χ1n) is 6.98. The lowest BCUT2D eigenvalue weighted by atomic mass is 10.1. The van der Waals surface area contributed by atoms with Crippen LogP contribution in [0, 0.1) is 13.8 Å². The van der Waals surface area contributed by atoms with E-state index in [0.29, 0.717) is 0 Å². The van der Waals surface area contributed by atoms with E-state index in [2.05, 4.69) is 46.5 Å². The summed E-state index contributed by atoms with van der Waals surface area (Å²) in [5.74, 6) is 0.947. The van der Waals surface area contributed by atoms with Gasteiger partial charge in [-0.25, -0.2) is 4.98 Å². The summed E-state index contributed by atoms with van der Waals surface area (Å²) in [6.07, 6.45) is 0.992. The predicted molar refractivity (Wildman–Crippen MR) is 84.2 cm³/mol. The molecule has 102 valence electrons. The number of H-pyrrole nitrogens is 1. The summed E-state index contributed by atoms with van der Waals surface area (Å²) in [4.78, 5) is 7.90. The third kappa shape index (κ3) is 2.52. The number of aryl methyl sites for hydroxylation is 2. The number of anilines is 1. The molecular formula is C17H19N3. The second-order valence-corrected chi connectivity index (χ2v) is 5.12. The zero-order valence-electron chi connectivity index (χ0n) is 11.9. The lowest BCUT2D eigenvalue weighted by molar-refractivity contribution is 0.994. The van der Waals surface area contributed by atoms with Gasteiger partial charge in [-0.3, -0.25) is 0 Å². The molecule has 0 saturated carbocycles. The Kier molecular flexibility index (Phi) is 3.42. The molecule has 0 saturated heterocycles. The first-order valence-corrected chi connectivity index (χ1v) is 6.98. The third-order valence-electron chi connectivity index (χ3n) is 3.60. The van der Waals surface area contributed by atoms with Crippen LogP contribution in [-0.4, -0.2) is 16.5 Å². The summed E-state index contributed by atoms with van der Waals surface area (Å²) < 4.78 is 0. The molecule has 3 nitrogen and oxygen atoms in total. The average Bonchev–Trinajstić information content (AvgIpc) is 2.75. The van der Waals surface area contributed by atoms with E-state index in [-0.39, 0.29) is 0 Å². The van der Waals surface area contributed by atoms with Gasteiger partial charge >= 0.3 is 0 Å². The summed E-state index contributed by atoms with van der Waals surface area (Å²) in [7, 11) is 0. The van der Waals surface area contributed by atoms with E-state index in [9.17, 15) is 0 Å². The Bertz CT molecular complexity index is 728. The van der Waals surface area contributed by atoms with E-state index < -0.39 is 0 Å². The van der Waals surface area contributed by atoms with Gasteiger partial charge in [-0.15, -0.1) is 0 Å². The number of aromatic amines is 1. The molecule has 0 amide bonds. The minimum Gasteiger partial charge on any atom is -0.370 e. The van der Waals surface area contributed by atoms with Gasteiger partial charge in [-0.1, -0.05) is 24.3 Å². The number of fused-ring (bicyclic) bond motifs is 1. The molecule has 20 heavy (non-hydrogen) atoms. The van der Waals surface area contributed by atoms with Crippen LogP contribution < -0.4 is 5.32 Å². The zero-order valence-corrected chi connectivity index (χ0v) is 11.9. The number of benzene rings is 1. The van der Waals surface area contributed by atoms with Gasteiger partial charge in [-0.05, 0) is 44.0 Å². The van der Waals surface area contributed by atoms with Gasteiger partial charge < -0.3 is 10.3 Å². The van der Waals surface area contributed by atoms with Gasteiger partial charge in [0.2, 0.25) is 0 Å². The third-order valence-corrected chi connectivity index (χ3v) is 3.60. The fourth-order valence-electron chi connectivity index (χ4n) is 2.61. The van der Waals surface area contributed by atoms with E-state index in [0.717, 1.165) is 24.5 Å². The second-order valence-electron chi connectivity index (χ2n) is 5.12. The van der Waals surface area contributed by atoms with Crippen molar-refractivity contribution in [2.24, 2.45) is 0 Å². The van der Waals surface area contributed by atoms with E-state index in [1.165, 1.54) is 22.2 Å². The van der Waals surface area contributed by atoms with Crippen LogP contribution in [0.4, 0.5) is 5.82 Å². The molecule has 3 heteroatoms. The van der Waals surface area contributed by atoms with Gasteiger partial charge in [0.15, 0.2) is 0 Å². The van der Waals surface area contributed by atoms with Crippen molar-refractivity contribution in [2.45, 2.75) is 20.3 Å². The number of nitrogens with one attached hydrogen (secondary N) is 2. The Morgan fingerprint density at radius 1 is 1.05 bits per heavy atom. The fourth-order valence-corrected chi connectivity index (χ4v) is 2.61. The number of pyridine rings is 1. The van der Waals surface area contributed by atoms with Crippen LogP contribution in [0.5, 0.6) is 0 Å². The molecule has 0 bridgehead atoms. The van der Waals surface area contributed by atoms with Gasteiger partial charge in [-0.2, -0.15) is 0 Å². The minimum absolute atomic E-state index is 0.888. The van der Waals surface area contributed by atoms with Crippen molar-refractivity contribution in [1.82, 2.24) is 9.97 Å². The highest BCUT2D eigenvalue weighted by Gasteiger charge is 2.07. The number of hydrogen-bond acceptors (Lipinski definition) is 2. The van der Waals surface area contributed by atoms with Gasteiger partial charge in [0.25, 0.3) is 0 Å². The van der Waals surface area contributed by atoms with E-state index >= 15 is 0 Å². The van der Waals surface area contributed by atoms with Crippen LogP contribution in [0.25, 0.3) is 10.9 Å². The van der Waals surface area contributed by atoms with Crippen molar-refractivity contribution in [3.8, 4) is 0 Å². The Morgan fingerprint density at radius 2 is 1.90 bits per heavy atom. The van der Waals surface area contributed by atoms with Crippen molar-refractivity contribution < 1.29 is 0 Å². The average molecular weight is 265 g/mol. The number of hydrogen-bond donors (Lipinski definition) is 2. The zero-order chi connectivity index (χ0) is 13.9. The molecule has 1 aromatic carbocycles. The molecule has 0 unspecified atom stereocenters. The SMILES string of the molecule is Cc1cccc(NCCc2c(C)[nH]c3ccccc23)n1. The van der Waals surface area contributed by atoms with Gasteiger partial charge in [0.05, 0.1) is 0 Å². The summed E-state index contributed by atoms with van der Waals surface area (Å²) in [6, 6.07) is 14.5. The monoisotopic (exact) mass is 265 g/mol. The number of rotatable bonds is 4. The number of aromatic nitrogens is 2. The maximum Gasteiger partial charge on any atom is 0.126 e. The summed E-state index contributed by atoms with van der Waals surface area (Å²) in [5.41, 5.74) is 4.90. The largest absolute Gasteiger partial charge is 0.370 e. The molecule has 3 aromatic rings. The van der Waals surface area contributed by atoms with Crippen LogP contribution in [0.2, 0.25) is 0 Å². The molecule has 0 aliphatic carbocycles. The van der Waals surface area contributed by atoms with Gasteiger partial charge in [0.1, 0.15) is 5.82 Å². The van der Waals surface area contributed by atoms with Crippen molar-refractivity contribution in [2.75, 3.05) is 11.9 Å². The molecular weight excluding hydrogens is 246 g/mol. The highest BCUT2D eigenvalue weighted by atomic mass is 15.0. The lowest BCUT2D eigenvalue weighted by Crippen LogP contribution is -2.07. The van der Waals surface area contributed by atoms with E-state index in [1.54, 1.807) is 0 Å². The summed E-state index contributed by atoms with van der Waals surface area (Å²) in [5, 5.41) is 4.71. The number of para-hydroxylation sites is 1. The topological polar surface area (TPSA) is 40.7 Å². The normalized spacial score (nSPS) is 10.9. The summed E-state index contributed by atoms with van der Waals surface area (Å²) in [6.45, 7) is 5.04. The van der Waals surface area contributed by atoms with Crippen LogP contribution >= 0.6 is 0 Å². The Hall–Kier alpha value is -2.29. The molecule has 0 radical (unpaired) electrons. The molecule has 0 aliphatic rings. The van der Waals surface area contributed by atoms with Crippen LogP contribution in [0.1, 0.15) is 17.0 Å². The lowest BCUT2D eigenvalue weighted by Gasteiger charge is -2.06. The molecule has 2 N–H and O–H groups in total.